The summed E-state index contributed by atoms with van der Waals surface area (Å²) in [4.78, 5) is 34.0. The zero-order valence-electron chi connectivity index (χ0n) is 15.1. The van der Waals surface area contributed by atoms with E-state index in [1.807, 2.05) is 0 Å². The van der Waals surface area contributed by atoms with E-state index in [0.717, 1.165) is 31.2 Å². The van der Waals surface area contributed by atoms with Crippen molar-refractivity contribution in [2.45, 2.75) is 30.1 Å². The summed E-state index contributed by atoms with van der Waals surface area (Å²) in [5, 5.41) is 11.6. The molecule has 28 heavy (non-hydrogen) atoms. The Bertz CT molecular complexity index is 973. The Labute approximate surface area is 161 Å². The maximum absolute atomic E-state index is 12.5. The second-order valence-electron chi connectivity index (χ2n) is 5.87. The maximum atomic E-state index is 12.5. The number of rotatable bonds is 7. The number of esters is 1. The summed E-state index contributed by atoms with van der Waals surface area (Å²) >= 11 is 0. The molecular weight excluding hydrogens is 388 g/mol. The van der Waals surface area contributed by atoms with Gasteiger partial charge in [0.1, 0.15) is 0 Å². The predicted octanol–water partition coefficient (Wildman–Crippen LogP) is 2.33. The van der Waals surface area contributed by atoms with E-state index in [0.29, 0.717) is 5.69 Å². The van der Waals surface area contributed by atoms with E-state index in [-0.39, 0.29) is 10.6 Å². The zero-order valence-corrected chi connectivity index (χ0v) is 15.9. The lowest BCUT2D eigenvalue weighted by molar-refractivity contribution is -0.384. The van der Waals surface area contributed by atoms with Crippen LogP contribution >= 0.6 is 0 Å². The Hall–Kier alpha value is -3.27. The van der Waals surface area contributed by atoms with Crippen molar-refractivity contribution in [2.24, 2.45) is 0 Å². The van der Waals surface area contributed by atoms with Crippen LogP contribution in [0.3, 0.4) is 0 Å². The third-order valence-electron chi connectivity index (χ3n) is 3.88. The summed E-state index contributed by atoms with van der Waals surface area (Å²) < 4.78 is 30.0. The van der Waals surface area contributed by atoms with E-state index >= 15 is 0 Å². The molecule has 0 heterocycles. The second-order valence-corrected chi connectivity index (χ2v) is 8.14. The van der Waals surface area contributed by atoms with Gasteiger partial charge in [0.05, 0.1) is 9.82 Å². The summed E-state index contributed by atoms with van der Waals surface area (Å²) in [5.74, 6) is -1.71. The molecule has 0 radical (unpaired) electrons. The molecule has 2 rings (SSSR count). The van der Waals surface area contributed by atoms with E-state index < -0.39 is 38.0 Å². The topological polar surface area (TPSA) is 133 Å². The van der Waals surface area contributed by atoms with Crippen molar-refractivity contribution in [1.29, 1.82) is 0 Å². The molecule has 10 heteroatoms. The first-order chi connectivity index (χ1) is 13.1. The number of nitrogens with zero attached hydrogens (tertiary/aromatic N) is 1. The van der Waals surface area contributed by atoms with Crippen molar-refractivity contribution in [2.75, 3.05) is 5.32 Å². The van der Waals surface area contributed by atoms with Crippen molar-refractivity contribution in [3.63, 3.8) is 0 Å². The number of sulfone groups is 1. The molecule has 148 valence electrons. The number of carbonyl (C=O) groups is 2. The molecule has 1 N–H and O–H groups in total. The first-order valence-electron chi connectivity index (χ1n) is 8.17. The number of para-hydroxylation sites is 1. The van der Waals surface area contributed by atoms with E-state index in [2.05, 4.69) is 5.32 Å². The molecule has 0 aliphatic heterocycles. The largest absolute Gasteiger partial charge is 0.452 e. The fourth-order valence-corrected chi connectivity index (χ4v) is 3.41. The molecule has 2 aromatic carbocycles. The van der Waals surface area contributed by atoms with Crippen LogP contribution in [-0.4, -0.2) is 36.6 Å². The van der Waals surface area contributed by atoms with Crippen LogP contribution in [0.25, 0.3) is 0 Å². The maximum Gasteiger partial charge on any atom is 0.325 e. The Morgan fingerprint density at radius 2 is 1.61 bits per heavy atom. The van der Waals surface area contributed by atoms with Gasteiger partial charge >= 0.3 is 5.97 Å². The Kier molecular flexibility index (Phi) is 6.47. The van der Waals surface area contributed by atoms with E-state index in [9.17, 15) is 28.1 Å². The average Bonchev–Trinajstić information content (AvgIpc) is 2.68. The molecule has 0 saturated carbocycles. The van der Waals surface area contributed by atoms with Gasteiger partial charge in [-0.3, -0.25) is 19.7 Å². The van der Waals surface area contributed by atoms with Crippen LogP contribution in [0, 0.1) is 10.1 Å². The molecule has 0 fully saturated rings. The number of benzene rings is 2. The molecule has 0 bridgehead atoms. The van der Waals surface area contributed by atoms with Gasteiger partial charge in [-0.1, -0.05) is 18.2 Å². The van der Waals surface area contributed by atoms with Crippen LogP contribution in [-0.2, 0) is 24.2 Å². The molecule has 0 aromatic heterocycles. The van der Waals surface area contributed by atoms with Gasteiger partial charge in [-0.05, 0) is 38.1 Å². The van der Waals surface area contributed by atoms with Crippen molar-refractivity contribution in [1.82, 2.24) is 0 Å². The normalized spacial score (nSPS) is 13.2. The molecule has 9 nitrogen and oxygen atoms in total. The number of nitro groups is 1. The third-order valence-corrected chi connectivity index (χ3v) is 5.93. The smallest absolute Gasteiger partial charge is 0.325 e. The van der Waals surface area contributed by atoms with Crippen molar-refractivity contribution >= 4 is 33.1 Å². The number of non-ortho nitro benzene ring substituents is 1. The molecule has 0 saturated heterocycles. The molecule has 0 aliphatic carbocycles. The van der Waals surface area contributed by atoms with Crippen molar-refractivity contribution in [3.05, 3.63) is 64.7 Å². The van der Waals surface area contributed by atoms with Gasteiger partial charge in [-0.25, -0.2) is 8.42 Å². The summed E-state index contributed by atoms with van der Waals surface area (Å²) in [6, 6.07) is 12.6. The van der Waals surface area contributed by atoms with Crippen molar-refractivity contribution in [3.8, 4) is 0 Å². The van der Waals surface area contributed by atoms with Gasteiger partial charge in [0, 0.05) is 17.8 Å². The molecular formula is C18H18N2O7S. The number of anilines is 1. The Morgan fingerprint density at radius 3 is 2.14 bits per heavy atom. The summed E-state index contributed by atoms with van der Waals surface area (Å²) in [5.41, 5.74) is 0.224. The summed E-state index contributed by atoms with van der Waals surface area (Å²) in [6.45, 7) is 2.45. The molecule has 2 aromatic rings. The van der Waals surface area contributed by atoms with Gasteiger partial charge in [-0.2, -0.15) is 0 Å². The number of hydrogen-bond acceptors (Lipinski definition) is 7. The monoisotopic (exact) mass is 406 g/mol. The minimum atomic E-state index is -4.14. The fraction of sp³-hybridized carbons (Fsp3) is 0.222. The first kappa shape index (κ1) is 21.0. The highest BCUT2D eigenvalue weighted by Gasteiger charge is 2.33. The van der Waals surface area contributed by atoms with E-state index in [1.54, 1.807) is 30.3 Å². The minimum absolute atomic E-state index is 0.260. The first-order valence-corrected chi connectivity index (χ1v) is 9.72. The van der Waals surface area contributed by atoms with E-state index in [4.69, 9.17) is 4.74 Å². The molecule has 1 amide bonds. The number of nitro benzene ring substituents is 1. The molecule has 2 atom stereocenters. The van der Waals surface area contributed by atoms with Gasteiger partial charge in [0.15, 0.2) is 21.2 Å². The van der Waals surface area contributed by atoms with Crippen LogP contribution in [0.2, 0.25) is 0 Å². The van der Waals surface area contributed by atoms with Crippen LogP contribution in [0.1, 0.15) is 13.8 Å². The summed E-state index contributed by atoms with van der Waals surface area (Å²) in [6.07, 6.45) is -1.22. The predicted molar refractivity (Wildman–Crippen MR) is 100 cm³/mol. The lowest BCUT2D eigenvalue weighted by Crippen LogP contribution is -2.36. The summed E-state index contributed by atoms with van der Waals surface area (Å²) in [7, 11) is -4.14. The number of hydrogen-bond donors (Lipinski definition) is 1. The molecule has 0 aliphatic rings. The zero-order chi connectivity index (χ0) is 20.9. The Morgan fingerprint density at radius 1 is 1.04 bits per heavy atom. The van der Waals surface area contributed by atoms with Gasteiger partial charge in [0.2, 0.25) is 0 Å². The van der Waals surface area contributed by atoms with Crippen molar-refractivity contribution < 1.29 is 27.7 Å². The lowest BCUT2D eigenvalue weighted by atomic mass is 10.3. The van der Waals surface area contributed by atoms with Gasteiger partial charge in [0.25, 0.3) is 11.6 Å². The van der Waals surface area contributed by atoms with Crippen LogP contribution in [0.4, 0.5) is 11.4 Å². The average molecular weight is 406 g/mol. The van der Waals surface area contributed by atoms with Gasteiger partial charge in [-0.15, -0.1) is 0 Å². The third kappa shape index (κ3) is 4.92. The number of amides is 1. The number of nitrogens with one attached hydrogen (secondary N) is 1. The quantitative estimate of drug-likeness (QED) is 0.424. The number of ether oxygens (including phenoxy) is 1. The highest BCUT2D eigenvalue weighted by atomic mass is 32.2. The fourth-order valence-electron chi connectivity index (χ4n) is 2.18. The SMILES string of the molecule is C[C@H](OC(=O)[C@@H](C)S(=O)(=O)c1ccc([N+](=O)[O-])cc1)C(=O)Nc1ccccc1. The minimum Gasteiger partial charge on any atom is -0.452 e. The molecule has 0 unspecified atom stereocenters. The number of carbonyl (C=O) groups excluding carboxylic acids is 2. The molecule has 0 spiro atoms. The van der Waals surface area contributed by atoms with E-state index in [1.165, 1.54) is 6.92 Å². The van der Waals surface area contributed by atoms with Crippen LogP contribution in [0.5, 0.6) is 0 Å². The highest BCUT2D eigenvalue weighted by molar-refractivity contribution is 7.92. The Balaban J connectivity index is 2.05. The highest BCUT2D eigenvalue weighted by Crippen LogP contribution is 2.21. The van der Waals surface area contributed by atoms with Crippen LogP contribution < -0.4 is 5.32 Å². The van der Waals surface area contributed by atoms with Gasteiger partial charge < -0.3 is 10.1 Å². The second kappa shape index (κ2) is 8.61. The van der Waals surface area contributed by atoms with Crippen LogP contribution in [0.15, 0.2) is 59.5 Å². The lowest BCUT2D eigenvalue weighted by Gasteiger charge is -2.17. The standard InChI is InChI=1S/C18H18N2O7S/c1-12(17(21)19-14-6-4-3-5-7-14)27-18(22)13(2)28(25,26)16-10-8-15(9-11-16)20(23)24/h3-13H,1-2H3,(H,19,21)/t12-,13+/m0/s1.